The molecule has 1 aromatic carbocycles. The number of benzene rings is 1. The van der Waals surface area contributed by atoms with Crippen molar-refractivity contribution >= 4 is 23.4 Å². The van der Waals surface area contributed by atoms with Crippen LogP contribution in [0.2, 0.25) is 0 Å². The molecule has 7 heteroatoms. The molecule has 0 saturated carbocycles. The molecule has 0 aliphatic carbocycles. The second kappa shape index (κ2) is 8.75. The molecule has 0 saturated heterocycles. The molecule has 0 atom stereocenters. The fraction of sp³-hybridized carbons (Fsp3) is 0.200. The van der Waals surface area contributed by atoms with Crippen molar-refractivity contribution in [3.8, 4) is 0 Å². The third kappa shape index (κ3) is 5.50. The van der Waals surface area contributed by atoms with Gasteiger partial charge in [0.1, 0.15) is 23.8 Å². The highest BCUT2D eigenvalue weighted by Gasteiger charge is 2.04. The summed E-state index contributed by atoms with van der Waals surface area (Å²) in [5.41, 5.74) is 2.89. The number of nitrogens with zero attached hydrogens (tertiary/aromatic N) is 3. The molecule has 0 bridgehead atoms. The van der Waals surface area contributed by atoms with E-state index in [1.54, 1.807) is 12.3 Å². The monoisotopic (exact) mass is 362 g/mol. The second-order valence-electron chi connectivity index (χ2n) is 6.18. The number of carbonyl (C=O) groups excluding carboxylic acids is 1. The molecule has 3 rings (SSSR count). The van der Waals surface area contributed by atoms with Gasteiger partial charge >= 0.3 is 0 Å². The maximum atomic E-state index is 12.1. The molecular formula is C20H22N6O. The van der Waals surface area contributed by atoms with Gasteiger partial charge in [0.25, 0.3) is 5.91 Å². The largest absolute Gasteiger partial charge is 0.368 e. The lowest BCUT2D eigenvalue weighted by atomic mass is 10.1. The Hall–Kier alpha value is -3.48. The Labute approximate surface area is 158 Å². The van der Waals surface area contributed by atoms with Gasteiger partial charge in [0.2, 0.25) is 0 Å². The van der Waals surface area contributed by atoms with Crippen LogP contribution in [0, 0.1) is 13.8 Å². The van der Waals surface area contributed by atoms with Crippen LogP contribution in [0.1, 0.15) is 21.5 Å². The number of nitrogens with one attached hydrogen (secondary N) is 3. The molecule has 2 aromatic heterocycles. The van der Waals surface area contributed by atoms with Gasteiger partial charge in [-0.1, -0.05) is 17.7 Å². The zero-order chi connectivity index (χ0) is 19.1. The first-order valence-corrected chi connectivity index (χ1v) is 8.70. The summed E-state index contributed by atoms with van der Waals surface area (Å²) in [5, 5.41) is 9.20. The average molecular weight is 362 g/mol. The summed E-state index contributed by atoms with van der Waals surface area (Å²) in [7, 11) is 0. The van der Waals surface area contributed by atoms with E-state index in [0.29, 0.717) is 30.3 Å². The van der Waals surface area contributed by atoms with E-state index >= 15 is 0 Å². The van der Waals surface area contributed by atoms with Gasteiger partial charge in [0, 0.05) is 30.9 Å². The number of hydrogen-bond donors (Lipinski definition) is 3. The van der Waals surface area contributed by atoms with E-state index in [2.05, 4.69) is 30.9 Å². The van der Waals surface area contributed by atoms with Crippen LogP contribution >= 0.6 is 0 Å². The van der Waals surface area contributed by atoms with E-state index in [-0.39, 0.29) is 5.91 Å². The summed E-state index contributed by atoms with van der Waals surface area (Å²) in [4.78, 5) is 24.7. The quantitative estimate of drug-likeness (QED) is 0.560. The molecule has 27 heavy (non-hydrogen) atoms. The smallest absolute Gasteiger partial charge is 0.251 e. The van der Waals surface area contributed by atoms with E-state index in [1.165, 1.54) is 6.33 Å². The SMILES string of the molecule is Cc1ccc(C(=O)NCCNc2cc(Nc3cc(C)ccn3)ncn2)cc1. The minimum Gasteiger partial charge on any atom is -0.368 e. The van der Waals surface area contributed by atoms with Crippen LogP contribution in [0.4, 0.5) is 17.5 Å². The van der Waals surface area contributed by atoms with Crippen LogP contribution in [-0.4, -0.2) is 33.9 Å². The molecule has 0 aliphatic heterocycles. The molecule has 3 aromatic rings. The molecule has 3 N–H and O–H groups in total. The molecule has 0 radical (unpaired) electrons. The van der Waals surface area contributed by atoms with Gasteiger partial charge in [-0.15, -0.1) is 0 Å². The molecule has 2 heterocycles. The van der Waals surface area contributed by atoms with Crippen LogP contribution in [0.15, 0.2) is 55.0 Å². The van der Waals surface area contributed by atoms with Gasteiger partial charge in [0.05, 0.1) is 0 Å². The van der Waals surface area contributed by atoms with E-state index in [9.17, 15) is 4.79 Å². The molecule has 7 nitrogen and oxygen atoms in total. The van der Waals surface area contributed by atoms with E-state index in [0.717, 1.165) is 16.9 Å². The topological polar surface area (TPSA) is 91.8 Å². The van der Waals surface area contributed by atoms with Gasteiger partial charge < -0.3 is 16.0 Å². The van der Waals surface area contributed by atoms with Gasteiger partial charge in [-0.05, 0) is 43.7 Å². The van der Waals surface area contributed by atoms with Gasteiger partial charge in [0.15, 0.2) is 0 Å². The minimum atomic E-state index is -0.0904. The Morgan fingerprint density at radius 2 is 1.59 bits per heavy atom. The lowest BCUT2D eigenvalue weighted by Gasteiger charge is -2.09. The van der Waals surface area contributed by atoms with E-state index < -0.39 is 0 Å². The average Bonchev–Trinajstić information content (AvgIpc) is 2.66. The zero-order valence-corrected chi connectivity index (χ0v) is 15.4. The lowest BCUT2D eigenvalue weighted by molar-refractivity contribution is 0.0955. The molecule has 0 spiro atoms. The van der Waals surface area contributed by atoms with Crippen LogP contribution < -0.4 is 16.0 Å². The standard InChI is InChI=1S/C20H22N6O/c1-14-3-5-16(6-4-14)20(27)23-10-9-22-17-12-19(25-13-24-17)26-18-11-15(2)7-8-21-18/h3-8,11-13H,9-10H2,1-2H3,(H,23,27)(H2,21,22,24,25,26). The first-order valence-electron chi connectivity index (χ1n) is 8.70. The predicted molar refractivity (Wildman–Crippen MR) is 106 cm³/mol. The van der Waals surface area contributed by atoms with Crippen molar-refractivity contribution in [1.82, 2.24) is 20.3 Å². The third-order valence-electron chi connectivity index (χ3n) is 3.87. The Balaban J connectivity index is 1.48. The minimum absolute atomic E-state index is 0.0904. The van der Waals surface area contributed by atoms with Crippen LogP contribution in [0.25, 0.3) is 0 Å². The van der Waals surface area contributed by atoms with Crippen molar-refractivity contribution in [2.75, 3.05) is 23.7 Å². The van der Waals surface area contributed by atoms with Gasteiger partial charge in [-0.3, -0.25) is 4.79 Å². The van der Waals surface area contributed by atoms with Crippen molar-refractivity contribution in [1.29, 1.82) is 0 Å². The number of aromatic nitrogens is 3. The Morgan fingerprint density at radius 1 is 0.852 bits per heavy atom. The second-order valence-corrected chi connectivity index (χ2v) is 6.18. The Kier molecular flexibility index (Phi) is 5.94. The number of carbonyl (C=O) groups is 1. The van der Waals surface area contributed by atoms with Gasteiger partial charge in [-0.2, -0.15) is 0 Å². The molecule has 138 valence electrons. The summed E-state index contributed by atoms with van der Waals surface area (Å²) in [5.74, 6) is 1.96. The summed E-state index contributed by atoms with van der Waals surface area (Å²) < 4.78 is 0. The molecule has 0 fully saturated rings. The lowest BCUT2D eigenvalue weighted by Crippen LogP contribution is -2.28. The highest BCUT2D eigenvalue weighted by molar-refractivity contribution is 5.94. The Morgan fingerprint density at radius 3 is 2.37 bits per heavy atom. The molecule has 0 aliphatic rings. The molecule has 1 amide bonds. The van der Waals surface area contributed by atoms with E-state index in [1.807, 2.05) is 50.2 Å². The van der Waals surface area contributed by atoms with Crippen molar-refractivity contribution in [2.45, 2.75) is 13.8 Å². The highest BCUT2D eigenvalue weighted by atomic mass is 16.1. The predicted octanol–water partition coefficient (Wildman–Crippen LogP) is 3.07. The molecular weight excluding hydrogens is 340 g/mol. The third-order valence-corrected chi connectivity index (χ3v) is 3.87. The van der Waals surface area contributed by atoms with Gasteiger partial charge in [-0.25, -0.2) is 15.0 Å². The first kappa shape index (κ1) is 18.3. The first-order chi connectivity index (χ1) is 13.1. The maximum Gasteiger partial charge on any atom is 0.251 e. The van der Waals surface area contributed by atoms with Crippen molar-refractivity contribution in [3.63, 3.8) is 0 Å². The normalized spacial score (nSPS) is 10.3. The number of amides is 1. The van der Waals surface area contributed by atoms with Crippen molar-refractivity contribution < 1.29 is 4.79 Å². The summed E-state index contributed by atoms with van der Waals surface area (Å²) in [6.07, 6.45) is 3.22. The number of hydrogen-bond acceptors (Lipinski definition) is 6. The number of anilines is 3. The number of aryl methyl sites for hydroxylation is 2. The van der Waals surface area contributed by atoms with Crippen LogP contribution in [-0.2, 0) is 0 Å². The molecule has 0 unspecified atom stereocenters. The van der Waals surface area contributed by atoms with Crippen molar-refractivity contribution in [2.24, 2.45) is 0 Å². The summed E-state index contributed by atoms with van der Waals surface area (Å²) >= 11 is 0. The van der Waals surface area contributed by atoms with Crippen LogP contribution in [0.5, 0.6) is 0 Å². The summed E-state index contributed by atoms with van der Waals surface area (Å²) in [6, 6.07) is 13.2. The number of pyridine rings is 1. The highest BCUT2D eigenvalue weighted by Crippen LogP contribution is 2.14. The van der Waals surface area contributed by atoms with Crippen LogP contribution in [0.3, 0.4) is 0 Å². The fourth-order valence-electron chi connectivity index (χ4n) is 2.43. The maximum absolute atomic E-state index is 12.1. The number of rotatable bonds is 7. The van der Waals surface area contributed by atoms with E-state index in [4.69, 9.17) is 0 Å². The summed E-state index contributed by atoms with van der Waals surface area (Å²) in [6.45, 7) is 5.03. The zero-order valence-electron chi connectivity index (χ0n) is 15.4. The Bertz CT molecular complexity index is 910. The van der Waals surface area contributed by atoms with Crippen molar-refractivity contribution in [3.05, 3.63) is 71.7 Å². The fourth-order valence-corrected chi connectivity index (χ4v) is 2.43.